The first-order valence-corrected chi connectivity index (χ1v) is 6.08. The highest BCUT2D eigenvalue weighted by molar-refractivity contribution is 6.06. The lowest BCUT2D eigenvalue weighted by molar-refractivity contribution is 0.104. The first-order chi connectivity index (χ1) is 9.33. The molecule has 1 heterocycles. The molecule has 2 aromatic carbocycles. The van der Waals surface area contributed by atoms with Gasteiger partial charge in [-0.3, -0.25) is 4.79 Å². The number of hydrogen-bond donors (Lipinski definition) is 0. The molecule has 3 rings (SSSR count). The lowest BCUT2D eigenvalue weighted by Crippen LogP contribution is -1.92. The van der Waals surface area contributed by atoms with E-state index in [1.165, 1.54) is 0 Å². The Morgan fingerprint density at radius 2 is 1.84 bits per heavy atom. The van der Waals surface area contributed by atoms with Crippen LogP contribution in [0, 0.1) is 0 Å². The number of furan rings is 1. The molecule has 2 nitrogen and oxygen atoms in total. The molecule has 0 aliphatic carbocycles. The van der Waals surface area contributed by atoms with Gasteiger partial charge in [0.1, 0.15) is 5.58 Å². The smallest absolute Gasteiger partial charge is 0.185 e. The quantitative estimate of drug-likeness (QED) is 0.510. The van der Waals surface area contributed by atoms with Crippen LogP contribution in [0.4, 0.5) is 0 Å². The van der Waals surface area contributed by atoms with E-state index in [2.05, 4.69) is 0 Å². The zero-order chi connectivity index (χ0) is 13.1. The van der Waals surface area contributed by atoms with E-state index in [0.717, 1.165) is 16.5 Å². The van der Waals surface area contributed by atoms with E-state index in [4.69, 9.17) is 4.42 Å². The third-order valence-corrected chi connectivity index (χ3v) is 2.96. The molecule has 19 heavy (non-hydrogen) atoms. The van der Waals surface area contributed by atoms with E-state index >= 15 is 0 Å². The fourth-order valence-corrected chi connectivity index (χ4v) is 1.96. The molecule has 0 N–H and O–H groups in total. The Morgan fingerprint density at radius 3 is 2.68 bits per heavy atom. The van der Waals surface area contributed by atoms with E-state index in [1.54, 1.807) is 12.3 Å². The maximum atomic E-state index is 11.9. The number of benzene rings is 2. The fraction of sp³-hybridized carbons (Fsp3) is 0. The minimum atomic E-state index is 0.00731. The van der Waals surface area contributed by atoms with Crippen LogP contribution in [0.25, 0.3) is 17.0 Å². The number of carbonyl (C=O) groups is 1. The average Bonchev–Trinajstić information content (AvgIpc) is 2.93. The Morgan fingerprint density at radius 1 is 1.00 bits per heavy atom. The molecule has 1 aromatic heterocycles. The van der Waals surface area contributed by atoms with Crippen molar-refractivity contribution in [3.63, 3.8) is 0 Å². The predicted octanol–water partition coefficient (Wildman–Crippen LogP) is 4.33. The van der Waals surface area contributed by atoms with Crippen molar-refractivity contribution in [2.45, 2.75) is 0 Å². The van der Waals surface area contributed by atoms with Gasteiger partial charge in [0.2, 0.25) is 0 Å². The van der Waals surface area contributed by atoms with Gasteiger partial charge in [0.25, 0.3) is 0 Å². The van der Waals surface area contributed by atoms with Crippen molar-refractivity contribution >= 4 is 22.8 Å². The summed E-state index contributed by atoms with van der Waals surface area (Å²) in [7, 11) is 0. The third-order valence-electron chi connectivity index (χ3n) is 2.96. The molecule has 0 aliphatic heterocycles. The van der Waals surface area contributed by atoms with Crippen LogP contribution < -0.4 is 0 Å². The maximum absolute atomic E-state index is 11.9. The summed E-state index contributed by atoms with van der Waals surface area (Å²) in [5, 5.41) is 1.04. The second-order valence-electron chi connectivity index (χ2n) is 4.28. The van der Waals surface area contributed by atoms with Crippen LogP contribution >= 0.6 is 0 Å². The van der Waals surface area contributed by atoms with E-state index in [0.29, 0.717) is 5.56 Å². The van der Waals surface area contributed by atoms with E-state index in [-0.39, 0.29) is 5.78 Å². The Labute approximate surface area is 111 Å². The number of rotatable bonds is 3. The topological polar surface area (TPSA) is 30.2 Å². The van der Waals surface area contributed by atoms with Gasteiger partial charge in [-0.15, -0.1) is 0 Å². The molecule has 92 valence electrons. The lowest BCUT2D eigenvalue weighted by atomic mass is 10.1. The van der Waals surface area contributed by atoms with Gasteiger partial charge in [-0.2, -0.15) is 0 Å². The van der Waals surface area contributed by atoms with Crippen LogP contribution in [0.3, 0.4) is 0 Å². The number of hydrogen-bond acceptors (Lipinski definition) is 2. The third kappa shape index (κ3) is 2.47. The zero-order valence-corrected chi connectivity index (χ0v) is 10.2. The summed E-state index contributed by atoms with van der Waals surface area (Å²) in [4.78, 5) is 11.9. The van der Waals surface area contributed by atoms with Gasteiger partial charge in [-0.25, -0.2) is 0 Å². The number of fused-ring (bicyclic) bond motifs is 1. The fourth-order valence-electron chi connectivity index (χ4n) is 1.96. The SMILES string of the molecule is O=C(/C=C/c1ccc2occc2c1)c1ccccc1. The molecule has 0 atom stereocenters. The molecule has 0 amide bonds. The summed E-state index contributed by atoms with van der Waals surface area (Å²) in [5.41, 5.74) is 2.54. The minimum absolute atomic E-state index is 0.00731. The molecular weight excluding hydrogens is 236 g/mol. The number of ketones is 1. The van der Waals surface area contributed by atoms with Crippen LogP contribution in [-0.2, 0) is 0 Å². The molecule has 2 heteroatoms. The first kappa shape index (κ1) is 11.5. The molecule has 0 unspecified atom stereocenters. The van der Waals surface area contributed by atoms with Gasteiger partial charge >= 0.3 is 0 Å². The first-order valence-electron chi connectivity index (χ1n) is 6.08. The molecule has 0 saturated carbocycles. The van der Waals surface area contributed by atoms with Gasteiger partial charge in [-0.1, -0.05) is 42.5 Å². The van der Waals surface area contributed by atoms with Gasteiger partial charge in [0, 0.05) is 10.9 Å². The van der Waals surface area contributed by atoms with Gasteiger partial charge < -0.3 is 4.42 Å². The van der Waals surface area contributed by atoms with Crippen molar-refractivity contribution in [3.8, 4) is 0 Å². The van der Waals surface area contributed by atoms with Crippen LogP contribution in [0.1, 0.15) is 15.9 Å². The molecule has 0 bridgehead atoms. The van der Waals surface area contributed by atoms with E-state index in [1.807, 2.05) is 60.7 Å². The van der Waals surface area contributed by atoms with Crippen LogP contribution in [0.15, 0.2) is 71.4 Å². The highest BCUT2D eigenvalue weighted by Gasteiger charge is 2.00. The zero-order valence-electron chi connectivity index (χ0n) is 10.2. The van der Waals surface area contributed by atoms with Crippen molar-refractivity contribution in [2.24, 2.45) is 0 Å². The summed E-state index contributed by atoms with van der Waals surface area (Å²) in [6, 6.07) is 17.0. The molecule has 3 aromatic rings. The standard InChI is InChI=1S/C17H12O2/c18-16(14-4-2-1-3-5-14)8-6-13-7-9-17-15(12-13)10-11-19-17/h1-12H/b8-6+. The molecule has 0 aliphatic rings. The monoisotopic (exact) mass is 248 g/mol. The van der Waals surface area contributed by atoms with Crippen molar-refractivity contribution in [1.82, 2.24) is 0 Å². The van der Waals surface area contributed by atoms with Gasteiger partial charge in [0.05, 0.1) is 6.26 Å². The largest absolute Gasteiger partial charge is 0.464 e. The number of carbonyl (C=O) groups excluding carboxylic acids is 1. The van der Waals surface area contributed by atoms with Crippen LogP contribution in [0.2, 0.25) is 0 Å². The second-order valence-corrected chi connectivity index (χ2v) is 4.28. The predicted molar refractivity (Wildman–Crippen MR) is 76.0 cm³/mol. The van der Waals surface area contributed by atoms with Crippen LogP contribution in [-0.4, -0.2) is 5.78 Å². The summed E-state index contributed by atoms with van der Waals surface area (Å²) in [5.74, 6) is 0.00731. The molecule has 0 saturated heterocycles. The summed E-state index contributed by atoms with van der Waals surface area (Å²) < 4.78 is 5.28. The Hall–Kier alpha value is -2.61. The Balaban J connectivity index is 1.84. The lowest BCUT2D eigenvalue weighted by Gasteiger charge is -1.95. The minimum Gasteiger partial charge on any atom is -0.464 e. The Kier molecular flexibility index (Phi) is 2.99. The highest BCUT2D eigenvalue weighted by Crippen LogP contribution is 2.17. The highest BCUT2D eigenvalue weighted by atomic mass is 16.3. The molecule has 0 spiro atoms. The normalized spacial score (nSPS) is 11.2. The van der Waals surface area contributed by atoms with Gasteiger partial charge in [0.15, 0.2) is 5.78 Å². The van der Waals surface area contributed by atoms with E-state index in [9.17, 15) is 4.79 Å². The van der Waals surface area contributed by atoms with Crippen LogP contribution in [0.5, 0.6) is 0 Å². The summed E-state index contributed by atoms with van der Waals surface area (Å²) >= 11 is 0. The molecule has 0 radical (unpaired) electrons. The van der Waals surface area contributed by atoms with Crippen molar-refractivity contribution in [3.05, 3.63) is 78.1 Å². The number of allylic oxidation sites excluding steroid dienone is 1. The van der Waals surface area contributed by atoms with Crippen molar-refractivity contribution in [2.75, 3.05) is 0 Å². The summed E-state index contributed by atoms with van der Waals surface area (Å²) in [6.45, 7) is 0. The second kappa shape index (κ2) is 4.94. The average molecular weight is 248 g/mol. The van der Waals surface area contributed by atoms with E-state index < -0.39 is 0 Å². The molecular formula is C17H12O2. The summed E-state index contributed by atoms with van der Waals surface area (Å²) in [6.07, 6.45) is 5.08. The molecule has 0 fully saturated rings. The van der Waals surface area contributed by atoms with Crippen molar-refractivity contribution in [1.29, 1.82) is 0 Å². The maximum Gasteiger partial charge on any atom is 0.185 e. The Bertz CT molecular complexity index is 736. The van der Waals surface area contributed by atoms with Gasteiger partial charge in [-0.05, 0) is 29.8 Å². The van der Waals surface area contributed by atoms with Crippen molar-refractivity contribution < 1.29 is 9.21 Å².